The lowest BCUT2D eigenvalue weighted by Gasteiger charge is -2.31. The second-order valence-corrected chi connectivity index (χ2v) is 16.9. The molecule has 0 aliphatic heterocycles. The highest BCUT2D eigenvalue weighted by atomic mass is 15.1. The molecule has 1 heteroatoms. The van der Waals surface area contributed by atoms with E-state index in [0.29, 0.717) is 0 Å². The summed E-state index contributed by atoms with van der Waals surface area (Å²) in [5, 5.41) is 7.45. The zero-order valence-electron chi connectivity index (χ0n) is 35.0. The summed E-state index contributed by atoms with van der Waals surface area (Å²) < 4.78 is 0. The van der Waals surface area contributed by atoms with Gasteiger partial charge in [0.2, 0.25) is 0 Å². The van der Waals surface area contributed by atoms with Crippen LogP contribution in [0, 0.1) is 0 Å². The maximum atomic E-state index is 2.49. The lowest BCUT2D eigenvalue weighted by molar-refractivity contribution is 0.714. The first kappa shape index (κ1) is 36.8. The molecule has 0 radical (unpaired) electrons. The molecule has 0 aromatic heterocycles. The van der Waals surface area contributed by atoms with Gasteiger partial charge in [0.05, 0.1) is 5.69 Å². The van der Waals surface area contributed by atoms with Crippen molar-refractivity contribution in [1.82, 2.24) is 0 Å². The van der Waals surface area contributed by atoms with Gasteiger partial charge in [-0.1, -0.05) is 206 Å². The van der Waals surface area contributed by atoms with Crippen LogP contribution >= 0.6 is 0 Å². The number of anilines is 3. The van der Waals surface area contributed by atoms with Crippen molar-refractivity contribution in [3.8, 4) is 44.5 Å². The van der Waals surface area contributed by atoms with E-state index in [1.54, 1.807) is 0 Å². The zero-order valence-corrected chi connectivity index (χ0v) is 35.0. The van der Waals surface area contributed by atoms with Crippen LogP contribution in [-0.4, -0.2) is 0 Å². The standard InChI is InChI=1S/C62H43N/c1-62(48-26-9-4-10-27-48)56-32-16-15-31-54(56)61-57(62)33-18-34-58(61)63(50-37-35-42-19-11-12-24-45(42)39-50)49-28-17-25-46(40-49)47-36-38-52-51-29-13-14-30-53(51)59(43-20-5-2-6-21-43)60(55(52)41-47)44-22-7-3-8-23-44/h2-41H,1H3. The minimum absolute atomic E-state index is 0.315. The highest BCUT2D eigenvalue weighted by Gasteiger charge is 2.42. The monoisotopic (exact) mass is 801 g/mol. The lowest BCUT2D eigenvalue weighted by Crippen LogP contribution is -2.22. The highest BCUT2D eigenvalue weighted by molar-refractivity contribution is 6.22. The van der Waals surface area contributed by atoms with Gasteiger partial charge in [-0.25, -0.2) is 0 Å². The number of fused-ring (bicyclic) bond motifs is 7. The van der Waals surface area contributed by atoms with Crippen LogP contribution in [0.2, 0.25) is 0 Å². The van der Waals surface area contributed by atoms with Gasteiger partial charge in [0.15, 0.2) is 0 Å². The Labute approximate surface area is 368 Å². The number of hydrogen-bond acceptors (Lipinski definition) is 1. The molecule has 296 valence electrons. The molecule has 0 amide bonds. The molecular formula is C62H43N. The minimum Gasteiger partial charge on any atom is -0.310 e. The average Bonchev–Trinajstić information content (AvgIpc) is 3.63. The fourth-order valence-electron chi connectivity index (χ4n) is 10.5. The fourth-order valence-corrected chi connectivity index (χ4v) is 10.5. The predicted molar refractivity (Wildman–Crippen MR) is 267 cm³/mol. The summed E-state index contributed by atoms with van der Waals surface area (Å²) in [5.41, 5.74) is 16.9. The summed E-state index contributed by atoms with van der Waals surface area (Å²) >= 11 is 0. The second-order valence-electron chi connectivity index (χ2n) is 16.9. The Morgan fingerprint density at radius 2 is 0.873 bits per heavy atom. The van der Waals surface area contributed by atoms with Crippen LogP contribution in [0.15, 0.2) is 243 Å². The molecule has 63 heavy (non-hydrogen) atoms. The van der Waals surface area contributed by atoms with Crippen molar-refractivity contribution < 1.29 is 0 Å². The van der Waals surface area contributed by atoms with Crippen LogP contribution in [0.4, 0.5) is 17.1 Å². The summed E-state index contributed by atoms with van der Waals surface area (Å²) in [6, 6.07) is 89.4. The van der Waals surface area contributed by atoms with Crippen LogP contribution in [0.25, 0.3) is 76.8 Å². The van der Waals surface area contributed by atoms with E-state index in [2.05, 4.69) is 254 Å². The molecule has 0 N–H and O–H groups in total. The van der Waals surface area contributed by atoms with Gasteiger partial charge in [-0.2, -0.15) is 0 Å². The van der Waals surface area contributed by atoms with E-state index < -0.39 is 0 Å². The van der Waals surface area contributed by atoms with Gasteiger partial charge < -0.3 is 4.90 Å². The van der Waals surface area contributed by atoms with E-state index in [9.17, 15) is 0 Å². The normalized spacial score (nSPS) is 14.2. The van der Waals surface area contributed by atoms with Crippen LogP contribution in [-0.2, 0) is 5.41 Å². The molecule has 1 unspecified atom stereocenters. The first-order valence-corrected chi connectivity index (χ1v) is 21.9. The third-order valence-electron chi connectivity index (χ3n) is 13.5. The molecule has 11 aromatic rings. The van der Waals surface area contributed by atoms with Crippen LogP contribution < -0.4 is 4.90 Å². The summed E-state index contributed by atoms with van der Waals surface area (Å²) in [6.07, 6.45) is 0. The summed E-state index contributed by atoms with van der Waals surface area (Å²) in [7, 11) is 0. The van der Waals surface area contributed by atoms with Crippen molar-refractivity contribution in [2.45, 2.75) is 12.3 Å². The Hall–Kier alpha value is -8.00. The first-order chi connectivity index (χ1) is 31.1. The fraction of sp³-hybridized carbons (Fsp3) is 0.0323. The number of hydrogen-bond donors (Lipinski definition) is 0. The van der Waals surface area contributed by atoms with E-state index >= 15 is 0 Å². The van der Waals surface area contributed by atoms with Crippen LogP contribution in [0.1, 0.15) is 23.6 Å². The molecule has 1 nitrogen and oxygen atoms in total. The smallest absolute Gasteiger partial charge is 0.0543 e. The topological polar surface area (TPSA) is 3.24 Å². The van der Waals surface area contributed by atoms with Gasteiger partial charge in [-0.3, -0.25) is 0 Å². The predicted octanol–water partition coefficient (Wildman–Crippen LogP) is 17.0. The van der Waals surface area contributed by atoms with E-state index in [1.165, 1.54) is 88.0 Å². The molecule has 1 atom stereocenters. The third kappa shape index (κ3) is 5.92. The Balaban J connectivity index is 1.09. The molecule has 0 fully saturated rings. The largest absolute Gasteiger partial charge is 0.310 e. The quantitative estimate of drug-likeness (QED) is 0.145. The van der Waals surface area contributed by atoms with Gasteiger partial charge >= 0.3 is 0 Å². The Morgan fingerprint density at radius 1 is 0.317 bits per heavy atom. The summed E-state index contributed by atoms with van der Waals surface area (Å²) in [6.45, 7) is 2.40. The van der Waals surface area contributed by atoms with Gasteiger partial charge in [0, 0.05) is 22.4 Å². The van der Waals surface area contributed by atoms with Crippen LogP contribution in [0.5, 0.6) is 0 Å². The van der Waals surface area contributed by atoms with Gasteiger partial charge in [-0.05, 0) is 131 Å². The van der Waals surface area contributed by atoms with Crippen molar-refractivity contribution in [1.29, 1.82) is 0 Å². The number of benzene rings is 11. The first-order valence-electron chi connectivity index (χ1n) is 21.9. The molecule has 0 saturated heterocycles. The van der Waals surface area contributed by atoms with E-state index in [-0.39, 0.29) is 5.41 Å². The third-order valence-corrected chi connectivity index (χ3v) is 13.5. The van der Waals surface area contributed by atoms with Crippen LogP contribution in [0.3, 0.4) is 0 Å². The van der Waals surface area contributed by atoms with Gasteiger partial charge in [0.25, 0.3) is 0 Å². The average molecular weight is 802 g/mol. The molecule has 0 bridgehead atoms. The molecule has 1 aliphatic carbocycles. The van der Waals surface area contributed by atoms with E-state index in [0.717, 1.165) is 22.6 Å². The molecule has 0 heterocycles. The zero-order chi connectivity index (χ0) is 41.9. The Morgan fingerprint density at radius 3 is 1.65 bits per heavy atom. The maximum Gasteiger partial charge on any atom is 0.0543 e. The van der Waals surface area contributed by atoms with Crippen molar-refractivity contribution >= 4 is 49.4 Å². The maximum absolute atomic E-state index is 2.49. The van der Waals surface area contributed by atoms with Gasteiger partial charge in [-0.15, -0.1) is 0 Å². The second kappa shape index (κ2) is 14.9. The minimum atomic E-state index is -0.315. The molecular weight excluding hydrogens is 759 g/mol. The molecule has 0 saturated carbocycles. The molecule has 0 spiro atoms. The van der Waals surface area contributed by atoms with Gasteiger partial charge in [0.1, 0.15) is 0 Å². The molecule has 1 aliphatic rings. The van der Waals surface area contributed by atoms with Crippen molar-refractivity contribution in [3.63, 3.8) is 0 Å². The summed E-state index contributed by atoms with van der Waals surface area (Å²) in [5.74, 6) is 0. The number of rotatable bonds is 7. The van der Waals surface area contributed by atoms with Crippen molar-refractivity contribution in [3.05, 3.63) is 259 Å². The van der Waals surface area contributed by atoms with Crippen molar-refractivity contribution in [2.24, 2.45) is 0 Å². The summed E-state index contributed by atoms with van der Waals surface area (Å²) in [4.78, 5) is 2.49. The van der Waals surface area contributed by atoms with E-state index in [1.807, 2.05) is 0 Å². The SMILES string of the molecule is CC1(c2ccccc2)c2ccccc2-c2c(N(c3cccc(-c4ccc5c(c4)c(-c4ccccc4)c(-c4ccccc4)c4ccccc45)c3)c3ccc4ccccc4c3)cccc21. The highest BCUT2D eigenvalue weighted by Crippen LogP contribution is 2.57. The molecule has 12 rings (SSSR count). The van der Waals surface area contributed by atoms with Crippen molar-refractivity contribution in [2.75, 3.05) is 4.90 Å². The lowest BCUT2D eigenvalue weighted by atomic mass is 9.74. The number of nitrogens with zero attached hydrogens (tertiary/aromatic N) is 1. The Bertz CT molecular complexity index is 3520. The molecule has 11 aromatic carbocycles. The van der Waals surface area contributed by atoms with E-state index in [4.69, 9.17) is 0 Å². The Kier molecular flexibility index (Phi) is 8.69.